The number of halogens is 1. The average Bonchev–Trinajstić information content (AvgIpc) is 3.48. The minimum Gasteiger partial charge on any atom is -0.467 e. The minimum absolute atomic E-state index is 0.0426. The number of rotatable bonds is 12. The second kappa shape index (κ2) is 14.2. The number of non-ortho nitro benzene ring substituents is 1. The molecule has 3 aromatic rings. The predicted octanol–water partition coefficient (Wildman–Crippen LogP) is 3.73. The molecule has 10 nitrogen and oxygen atoms in total. The quantitative estimate of drug-likeness (QED) is 0.192. The lowest BCUT2D eigenvalue weighted by Crippen LogP contribution is -2.46. The van der Waals surface area contributed by atoms with E-state index in [1.807, 2.05) is 0 Å². The largest absolute Gasteiger partial charge is 0.467 e. The van der Waals surface area contributed by atoms with Crippen molar-refractivity contribution < 1.29 is 28.1 Å². The molecule has 0 spiro atoms. The van der Waals surface area contributed by atoms with E-state index < -0.39 is 4.92 Å². The van der Waals surface area contributed by atoms with E-state index in [2.05, 4.69) is 4.90 Å². The highest BCUT2D eigenvalue weighted by Crippen LogP contribution is 2.15. The van der Waals surface area contributed by atoms with Crippen LogP contribution >= 0.6 is 0 Å². The second-order valence-electron chi connectivity index (χ2n) is 9.35. The van der Waals surface area contributed by atoms with Crippen LogP contribution in [-0.4, -0.2) is 77.4 Å². The van der Waals surface area contributed by atoms with Gasteiger partial charge in [-0.3, -0.25) is 24.6 Å². The molecule has 0 saturated carbocycles. The van der Waals surface area contributed by atoms with E-state index in [0.29, 0.717) is 37.6 Å². The smallest absolute Gasteiger partial charge is 0.269 e. The molecule has 1 aromatic heterocycles. The maximum absolute atomic E-state index is 13.6. The van der Waals surface area contributed by atoms with Crippen molar-refractivity contribution in [2.75, 3.05) is 45.9 Å². The van der Waals surface area contributed by atoms with Gasteiger partial charge in [0.25, 0.3) is 5.69 Å². The van der Waals surface area contributed by atoms with Crippen molar-refractivity contribution in [3.05, 3.63) is 106 Å². The van der Waals surface area contributed by atoms with E-state index in [1.165, 1.54) is 41.5 Å². The zero-order valence-corrected chi connectivity index (χ0v) is 22.0. The number of amides is 2. The van der Waals surface area contributed by atoms with Gasteiger partial charge in [0.05, 0.1) is 30.9 Å². The topological polar surface area (TPSA) is 109 Å². The summed E-state index contributed by atoms with van der Waals surface area (Å²) in [5, 5.41) is 10.9. The third-order valence-corrected chi connectivity index (χ3v) is 6.52. The summed E-state index contributed by atoms with van der Waals surface area (Å²) < 4.78 is 24.3. The van der Waals surface area contributed by atoms with Gasteiger partial charge in [-0.05, 0) is 53.6 Å². The van der Waals surface area contributed by atoms with Crippen LogP contribution in [0.5, 0.6) is 0 Å². The van der Waals surface area contributed by atoms with Crippen molar-refractivity contribution in [1.82, 2.24) is 14.7 Å². The molecule has 2 amide bonds. The molecule has 1 aliphatic heterocycles. The van der Waals surface area contributed by atoms with Gasteiger partial charge >= 0.3 is 0 Å². The highest BCUT2D eigenvalue weighted by Gasteiger charge is 2.23. The molecule has 210 valence electrons. The summed E-state index contributed by atoms with van der Waals surface area (Å²) in [6.07, 6.45) is 4.46. The zero-order valence-electron chi connectivity index (χ0n) is 22.0. The number of morpholine rings is 1. The van der Waals surface area contributed by atoms with Crippen molar-refractivity contribution in [1.29, 1.82) is 0 Å². The first-order valence-corrected chi connectivity index (χ1v) is 12.9. The third-order valence-electron chi connectivity index (χ3n) is 6.52. The van der Waals surface area contributed by atoms with Gasteiger partial charge in [0.1, 0.15) is 18.1 Å². The Labute approximate surface area is 231 Å². The van der Waals surface area contributed by atoms with E-state index >= 15 is 0 Å². The van der Waals surface area contributed by atoms with Gasteiger partial charge in [-0.2, -0.15) is 0 Å². The van der Waals surface area contributed by atoms with E-state index in [1.54, 1.807) is 47.4 Å². The average molecular weight is 551 g/mol. The van der Waals surface area contributed by atoms with Crippen molar-refractivity contribution in [3.63, 3.8) is 0 Å². The lowest BCUT2D eigenvalue weighted by atomic mass is 10.2. The number of ether oxygens (including phenoxy) is 1. The lowest BCUT2D eigenvalue weighted by Gasteiger charge is -2.31. The van der Waals surface area contributed by atoms with Gasteiger partial charge in [0.2, 0.25) is 11.8 Å². The Morgan fingerprint density at radius 1 is 1.00 bits per heavy atom. The van der Waals surface area contributed by atoms with Crippen LogP contribution in [0.25, 0.3) is 6.08 Å². The highest BCUT2D eigenvalue weighted by molar-refractivity contribution is 5.94. The van der Waals surface area contributed by atoms with Crippen molar-refractivity contribution in [3.8, 4) is 0 Å². The molecule has 0 bridgehead atoms. The number of benzene rings is 2. The van der Waals surface area contributed by atoms with Gasteiger partial charge in [0, 0.05) is 50.9 Å². The van der Waals surface area contributed by atoms with Crippen molar-refractivity contribution >= 4 is 23.6 Å². The second-order valence-corrected chi connectivity index (χ2v) is 9.35. The highest BCUT2D eigenvalue weighted by atomic mass is 19.1. The molecular weight excluding hydrogens is 519 g/mol. The zero-order chi connectivity index (χ0) is 28.3. The number of hydrogen-bond donors (Lipinski definition) is 0. The summed E-state index contributed by atoms with van der Waals surface area (Å²) in [6, 6.07) is 15.3. The number of hydrogen-bond acceptors (Lipinski definition) is 7. The standard InChI is InChI=1S/C29H31FN4O6/c30-25-8-3-24(4-9-25)20-33(21-27-2-1-17-40-27)29(36)22-32(14-13-31-15-18-39-19-16-31)28(35)12-7-23-5-10-26(11-6-23)34(37)38/h1-12,17H,13-16,18-22H2/b12-7+. The molecule has 2 heterocycles. The molecule has 0 N–H and O–H groups in total. The first kappa shape index (κ1) is 28.7. The summed E-state index contributed by atoms with van der Waals surface area (Å²) in [5.41, 5.74) is 1.32. The maximum Gasteiger partial charge on any atom is 0.269 e. The number of nitro groups is 1. The molecule has 4 rings (SSSR count). The van der Waals surface area contributed by atoms with Crippen LogP contribution in [0.4, 0.5) is 10.1 Å². The molecule has 0 radical (unpaired) electrons. The molecule has 11 heteroatoms. The van der Waals surface area contributed by atoms with E-state index in [-0.39, 0.29) is 43.0 Å². The van der Waals surface area contributed by atoms with Crippen LogP contribution in [0, 0.1) is 15.9 Å². The van der Waals surface area contributed by atoms with Crippen molar-refractivity contribution in [2.45, 2.75) is 13.1 Å². The molecule has 0 unspecified atom stereocenters. The minimum atomic E-state index is -0.488. The SMILES string of the molecule is O=C(/C=C/c1ccc([N+](=O)[O-])cc1)N(CCN1CCOCC1)CC(=O)N(Cc1ccc(F)cc1)Cc1ccco1. The first-order chi connectivity index (χ1) is 19.4. The fraction of sp³-hybridized carbons (Fsp3) is 0.310. The Hall–Kier alpha value is -4.35. The van der Waals surface area contributed by atoms with Crippen LogP contribution in [0.3, 0.4) is 0 Å². The molecule has 0 aliphatic carbocycles. The van der Waals surface area contributed by atoms with Crippen LogP contribution < -0.4 is 0 Å². The Bertz CT molecular complexity index is 1290. The van der Waals surface area contributed by atoms with Gasteiger partial charge in [0.15, 0.2) is 0 Å². The number of nitro benzene ring substituents is 1. The Balaban J connectivity index is 1.49. The van der Waals surface area contributed by atoms with Gasteiger partial charge in [-0.15, -0.1) is 0 Å². The van der Waals surface area contributed by atoms with Gasteiger partial charge in [-0.25, -0.2) is 4.39 Å². The summed E-state index contributed by atoms with van der Waals surface area (Å²) in [6.45, 7) is 3.83. The number of carbonyl (C=O) groups is 2. The van der Waals surface area contributed by atoms with Crippen LogP contribution in [0.15, 0.2) is 77.4 Å². The molecular formula is C29H31FN4O6. The fourth-order valence-electron chi connectivity index (χ4n) is 4.23. The summed E-state index contributed by atoms with van der Waals surface area (Å²) in [7, 11) is 0. The normalized spacial score (nSPS) is 13.8. The third kappa shape index (κ3) is 8.58. The molecule has 2 aromatic carbocycles. The van der Waals surface area contributed by atoms with Crippen LogP contribution in [0.2, 0.25) is 0 Å². The Kier molecular flexibility index (Phi) is 10.1. The molecule has 40 heavy (non-hydrogen) atoms. The lowest BCUT2D eigenvalue weighted by molar-refractivity contribution is -0.384. The van der Waals surface area contributed by atoms with Crippen molar-refractivity contribution in [2.24, 2.45) is 0 Å². The summed E-state index contributed by atoms with van der Waals surface area (Å²) in [4.78, 5) is 42.5. The summed E-state index contributed by atoms with van der Waals surface area (Å²) in [5.74, 6) is -0.438. The van der Waals surface area contributed by atoms with Crippen LogP contribution in [0.1, 0.15) is 16.9 Å². The number of nitrogens with zero attached hydrogens (tertiary/aromatic N) is 4. The Morgan fingerprint density at radius 2 is 1.73 bits per heavy atom. The van der Waals surface area contributed by atoms with E-state index in [4.69, 9.17) is 9.15 Å². The predicted molar refractivity (Wildman–Crippen MR) is 145 cm³/mol. The van der Waals surface area contributed by atoms with Crippen LogP contribution in [-0.2, 0) is 27.4 Å². The molecule has 1 fully saturated rings. The fourth-order valence-corrected chi connectivity index (χ4v) is 4.23. The maximum atomic E-state index is 13.6. The summed E-state index contributed by atoms with van der Waals surface area (Å²) >= 11 is 0. The monoisotopic (exact) mass is 550 g/mol. The van der Waals surface area contributed by atoms with Gasteiger partial charge in [-0.1, -0.05) is 12.1 Å². The molecule has 1 aliphatic rings. The number of carbonyl (C=O) groups excluding carboxylic acids is 2. The molecule has 0 atom stereocenters. The van der Waals surface area contributed by atoms with Gasteiger partial charge < -0.3 is 19.0 Å². The van der Waals surface area contributed by atoms with E-state index in [9.17, 15) is 24.1 Å². The number of furan rings is 1. The Morgan fingerprint density at radius 3 is 2.38 bits per heavy atom. The van der Waals surface area contributed by atoms with E-state index in [0.717, 1.165) is 18.7 Å². The molecule has 1 saturated heterocycles. The first-order valence-electron chi connectivity index (χ1n) is 12.9.